The van der Waals surface area contributed by atoms with Crippen LogP contribution in [0, 0.1) is 11.7 Å². The van der Waals surface area contributed by atoms with E-state index in [1.807, 2.05) is 42.5 Å². The molecule has 0 saturated carbocycles. The van der Waals surface area contributed by atoms with Crippen LogP contribution in [0.3, 0.4) is 0 Å². The Morgan fingerprint density at radius 3 is 2.80 bits per heavy atom. The van der Waals surface area contributed by atoms with Crippen LogP contribution in [-0.4, -0.2) is 35.0 Å². The van der Waals surface area contributed by atoms with Crippen LogP contribution in [0.15, 0.2) is 89.2 Å². The Balaban J connectivity index is 1.38. The van der Waals surface area contributed by atoms with Crippen molar-refractivity contribution in [2.75, 3.05) is 13.1 Å². The molecule has 0 radical (unpaired) electrons. The van der Waals surface area contributed by atoms with Gasteiger partial charge in [0.25, 0.3) is 0 Å². The summed E-state index contributed by atoms with van der Waals surface area (Å²) in [6, 6.07) is 14.3. The van der Waals surface area contributed by atoms with Gasteiger partial charge in [-0.1, -0.05) is 60.1 Å². The van der Waals surface area contributed by atoms with Crippen LogP contribution in [-0.2, 0) is 22.6 Å². The molecule has 1 aromatic heterocycles. The topological polar surface area (TPSA) is 55.6 Å². The quantitative estimate of drug-likeness (QED) is 0.389. The van der Waals surface area contributed by atoms with Crippen LogP contribution in [0.1, 0.15) is 30.5 Å². The standard InChI is InChI=1S/C29H29FN2O3/c30-22-15-16-23-24(31-35-28(23)19-22)11-7-12-25(32-17-5-2-6-18-32)29-26(33)13-8-14-27(29)34-20-21-9-3-1-4-10-21/h1,3-4,7-10,12-16,19,25,29H,2,5-6,11,17-18,20H2. The third-order valence-electron chi connectivity index (χ3n) is 6.69. The molecular formula is C29H29FN2O3. The molecule has 0 bridgehead atoms. The van der Waals surface area contributed by atoms with Gasteiger partial charge in [-0.3, -0.25) is 9.69 Å². The lowest BCUT2D eigenvalue weighted by atomic mass is 9.87. The van der Waals surface area contributed by atoms with Gasteiger partial charge in [0.05, 0.1) is 11.6 Å². The first kappa shape index (κ1) is 23.2. The van der Waals surface area contributed by atoms with Crippen molar-refractivity contribution in [2.24, 2.45) is 5.92 Å². The molecule has 2 heterocycles. The molecule has 180 valence electrons. The van der Waals surface area contributed by atoms with E-state index in [-0.39, 0.29) is 17.6 Å². The molecule has 5 nitrogen and oxygen atoms in total. The summed E-state index contributed by atoms with van der Waals surface area (Å²) in [6.07, 6.45) is 13.5. The molecule has 3 aromatic rings. The van der Waals surface area contributed by atoms with Crippen molar-refractivity contribution in [1.82, 2.24) is 10.1 Å². The molecule has 2 atom stereocenters. The number of hydrogen-bond acceptors (Lipinski definition) is 5. The third kappa shape index (κ3) is 5.43. The highest BCUT2D eigenvalue weighted by Gasteiger charge is 2.35. The Labute approximate surface area is 204 Å². The van der Waals surface area contributed by atoms with Gasteiger partial charge in [0.1, 0.15) is 18.2 Å². The van der Waals surface area contributed by atoms with Gasteiger partial charge in [0, 0.05) is 23.9 Å². The number of benzene rings is 2. The lowest BCUT2D eigenvalue weighted by molar-refractivity contribution is -0.120. The zero-order valence-corrected chi connectivity index (χ0v) is 19.6. The SMILES string of the molecule is O=C1C=CC=C(OCc2ccccc2)C1C(C=CCc1noc2cc(F)ccc12)N1CCCCC1. The summed E-state index contributed by atoms with van der Waals surface area (Å²) in [4.78, 5) is 15.6. The number of carbonyl (C=O) groups excluding carboxylic acids is 1. The maximum atomic E-state index is 13.5. The maximum absolute atomic E-state index is 13.5. The van der Waals surface area contributed by atoms with E-state index >= 15 is 0 Å². The number of aromatic nitrogens is 1. The van der Waals surface area contributed by atoms with Crippen molar-refractivity contribution in [2.45, 2.75) is 38.3 Å². The van der Waals surface area contributed by atoms with Gasteiger partial charge in [-0.05, 0) is 55.8 Å². The number of fused-ring (bicyclic) bond motifs is 1. The van der Waals surface area contributed by atoms with Gasteiger partial charge in [-0.25, -0.2) is 4.39 Å². The van der Waals surface area contributed by atoms with Gasteiger partial charge in [0.2, 0.25) is 0 Å². The van der Waals surface area contributed by atoms with E-state index in [0.29, 0.717) is 24.4 Å². The smallest absolute Gasteiger partial charge is 0.170 e. The van der Waals surface area contributed by atoms with Crippen LogP contribution in [0.5, 0.6) is 0 Å². The molecule has 35 heavy (non-hydrogen) atoms. The van der Waals surface area contributed by atoms with Crippen LogP contribution >= 0.6 is 0 Å². The molecule has 0 N–H and O–H groups in total. The molecule has 1 saturated heterocycles. The predicted octanol–water partition coefficient (Wildman–Crippen LogP) is 5.78. The minimum Gasteiger partial charge on any atom is -0.492 e. The van der Waals surface area contributed by atoms with E-state index in [9.17, 15) is 9.18 Å². The second-order valence-corrected chi connectivity index (χ2v) is 9.07. The Bertz CT molecular complexity index is 1260. The molecular weight excluding hydrogens is 443 g/mol. The van der Waals surface area contributed by atoms with Gasteiger partial charge < -0.3 is 9.26 Å². The third-order valence-corrected chi connectivity index (χ3v) is 6.69. The molecule has 1 aliphatic carbocycles. The van der Waals surface area contributed by atoms with E-state index in [0.717, 1.165) is 42.6 Å². The Kier molecular flexibility index (Phi) is 7.19. The first-order chi connectivity index (χ1) is 17.2. The first-order valence-corrected chi connectivity index (χ1v) is 12.2. The number of piperidine rings is 1. The van der Waals surface area contributed by atoms with Gasteiger partial charge in [-0.15, -0.1) is 0 Å². The van der Waals surface area contributed by atoms with Crippen molar-refractivity contribution >= 4 is 16.8 Å². The zero-order chi connectivity index (χ0) is 24.0. The van der Waals surface area contributed by atoms with Gasteiger partial charge >= 0.3 is 0 Å². The van der Waals surface area contributed by atoms with E-state index in [4.69, 9.17) is 9.26 Å². The van der Waals surface area contributed by atoms with Crippen molar-refractivity contribution in [1.29, 1.82) is 0 Å². The minimum absolute atomic E-state index is 0.0538. The largest absolute Gasteiger partial charge is 0.492 e. The van der Waals surface area contributed by atoms with E-state index in [1.165, 1.54) is 18.6 Å². The van der Waals surface area contributed by atoms with Crippen LogP contribution in [0.4, 0.5) is 4.39 Å². The van der Waals surface area contributed by atoms with Crippen LogP contribution < -0.4 is 0 Å². The average Bonchev–Trinajstić information content (AvgIpc) is 3.29. The predicted molar refractivity (Wildman–Crippen MR) is 133 cm³/mol. The summed E-state index contributed by atoms with van der Waals surface area (Å²) >= 11 is 0. The number of likely N-dealkylation sites (tertiary alicyclic amines) is 1. The highest BCUT2D eigenvalue weighted by molar-refractivity contribution is 5.95. The average molecular weight is 473 g/mol. The lowest BCUT2D eigenvalue weighted by Crippen LogP contribution is -2.46. The van der Waals surface area contributed by atoms with E-state index < -0.39 is 5.92 Å². The second-order valence-electron chi connectivity index (χ2n) is 9.07. The fourth-order valence-electron chi connectivity index (χ4n) is 4.89. The van der Waals surface area contributed by atoms with Gasteiger partial charge in [-0.2, -0.15) is 0 Å². The second kappa shape index (κ2) is 10.8. The summed E-state index contributed by atoms with van der Waals surface area (Å²) < 4.78 is 25.0. The van der Waals surface area contributed by atoms with Crippen molar-refractivity contribution in [3.8, 4) is 0 Å². The normalized spacial score (nSPS) is 19.9. The summed E-state index contributed by atoms with van der Waals surface area (Å²) in [7, 11) is 0. The summed E-state index contributed by atoms with van der Waals surface area (Å²) in [6.45, 7) is 2.31. The molecule has 1 aliphatic heterocycles. The fourth-order valence-corrected chi connectivity index (χ4v) is 4.89. The minimum atomic E-state index is -0.402. The van der Waals surface area contributed by atoms with Crippen molar-refractivity contribution < 1.29 is 18.4 Å². The molecule has 2 unspecified atom stereocenters. The number of ether oxygens (including phenoxy) is 1. The van der Waals surface area contributed by atoms with Crippen LogP contribution in [0.2, 0.25) is 0 Å². The number of hydrogen-bond donors (Lipinski definition) is 0. The monoisotopic (exact) mass is 472 g/mol. The summed E-state index contributed by atoms with van der Waals surface area (Å²) in [5, 5.41) is 4.93. The number of rotatable bonds is 8. The molecule has 0 amide bonds. The Morgan fingerprint density at radius 1 is 1.14 bits per heavy atom. The number of carbonyl (C=O) groups is 1. The van der Waals surface area contributed by atoms with E-state index in [1.54, 1.807) is 18.2 Å². The molecule has 1 fully saturated rings. The molecule has 6 heteroatoms. The highest BCUT2D eigenvalue weighted by Crippen LogP contribution is 2.30. The van der Waals surface area contributed by atoms with Crippen molar-refractivity contribution in [3.63, 3.8) is 0 Å². The highest BCUT2D eigenvalue weighted by atomic mass is 19.1. The molecule has 5 rings (SSSR count). The van der Waals surface area contributed by atoms with Gasteiger partial charge in [0.15, 0.2) is 11.4 Å². The lowest BCUT2D eigenvalue weighted by Gasteiger charge is -2.38. The number of ketones is 1. The summed E-state index contributed by atoms with van der Waals surface area (Å²) in [5.74, 6) is 0.00267. The molecule has 2 aromatic carbocycles. The fraction of sp³-hybridized carbons (Fsp3) is 0.310. The first-order valence-electron chi connectivity index (χ1n) is 12.2. The Morgan fingerprint density at radius 2 is 1.97 bits per heavy atom. The number of nitrogens with zero attached hydrogens (tertiary/aromatic N) is 2. The maximum Gasteiger partial charge on any atom is 0.170 e. The Hall–Kier alpha value is -3.51. The van der Waals surface area contributed by atoms with E-state index in [2.05, 4.69) is 16.1 Å². The zero-order valence-electron chi connectivity index (χ0n) is 19.6. The van der Waals surface area contributed by atoms with Crippen molar-refractivity contribution in [3.05, 3.63) is 102 Å². The van der Waals surface area contributed by atoms with Crippen LogP contribution in [0.25, 0.3) is 11.0 Å². The number of allylic oxidation sites excluding steroid dienone is 4. The number of halogens is 1. The molecule has 0 spiro atoms. The summed E-state index contributed by atoms with van der Waals surface area (Å²) in [5.41, 5.74) is 2.25. The molecule has 2 aliphatic rings.